The van der Waals surface area contributed by atoms with Gasteiger partial charge in [-0.15, -0.1) is 4.40 Å². The first-order valence-electron chi connectivity index (χ1n) is 10.2. The highest BCUT2D eigenvalue weighted by Crippen LogP contribution is 2.31. The quantitative estimate of drug-likeness (QED) is 0.509. The first-order chi connectivity index (χ1) is 14.7. The molecule has 0 saturated carbocycles. The fourth-order valence-electron chi connectivity index (χ4n) is 3.53. The van der Waals surface area contributed by atoms with Gasteiger partial charge in [0.2, 0.25) is 5.96 Å². The number of carbonyl (C=O) groups is 2. The van der Waals surface area contributed by atoms with Crippen LogP contribution in [0.15, 0.2) is 15.4 Å². The summed E-state index contributed by atoms with van der Waals surface area (Å²) in [6.45, 7) is 10.4. The molecule has 1 aliphatic rings. The molecule has 11 heteroatoms. The van der Waals surface area contributed by atoms with Crippen LogP contribution in [0.1, 0.15) is 50.3 Å². The number of amides is 2. The molecule has 1 atom stereocenters. The highest BCUT2D eigenvalue weighted by molar-refractivity contribution is 7.90. The van der Waals surface area contributed by atoms with Gasteiger partial charge in [0.1, 0.15) is 17.4 Å². The summed E-state index contributed by atoms with van der Waals surface area (Å²) in [4.78, 5) is 26.0. The minimum Gasteiger partial charge on any atom is -0.496 e. The van der Waals surface area contributed by atoms with E-state index in [1.807, 2.05) is 0 Å². The van der Waals surface area contributed by atoms with Crippen LogP contribution in [0.2, 0.25) is 0 Å². The molecule has 32 heavy (non-hydrogen) atoms. The van der Waals surface area contributed by atoms with Crippen molar-refractivity contribution in [3.63, 3.8) is 0 Å². The van der Waals surface area contributed by atoms with E-state index in [0.29, 0.717) is 35.3 Å². The van der Waals surface area contributed by atoms with E-state index >= 15 is 0 Å². The fraction of sp³-hybridized carbons (Fsp3) is 0.571. The number of carbonyl (C=O) groups excluding carboxylic acids is 2. The minimum absolute atomic E-state index is 0.0200. The van der Waals surface area contributed by atoms with Crippen LogP contribution in [0.4, 0.5) is 4.79 Å². The van der Waals surface area contributed by atoms with Crippen molar-refractivity contribution in [1.82, 2.24) is 10.2 Å². The van der Waals surface area contributed by atoms with Crippen molar-refractivity contribution in [1.29, 1.82) is 0 Å². The second kappa shape index (κ2) is 9.35. The zero-order valence-corrected chi connectivity index (χ0v) is 20.4. The molecule has 1 fully saturated rings. The predicted molar refractivity (Wildman–Crippen MR) is 120 cm³/mol. The number of nitrogens with one attached hydrogen (secondary N) is 1. The monoisotopic (exact) mass is 468 g/mol. The topological polar surface area (TPSA) is 140 Å². The summed E-state index contributed by atoms with van der Waals surface area (Å²) in [5.41, 5.74) is 6.85. The number of ether oxygens (including phenoxy) is 2. The van der Waals surface area contributed by atoms with Gasteiger partial charge in [-0.05, 0) is 77.1 Å². The number of nitrogens with two attached hydrogens (primary N) is 1. The number of sulfonamides is 1. The Hall–Kier alpha value is -2.82. The minimum atomic E-state index is -4.20. The van der Waals surface area contributed by atoms with Gasteiger partial charge in [0, 0.05) is 6.54 Å². The third-order valence-corrected chi connectivity index (χ3v) is 6.65. The van der Waals surface area contributed by atoms with E-state index in [1.54, 1.807) is 47.6 Å². The Morgan fingerprint density at radius 3 is 2.44 bits per heavy atom. The Kier molecular flexibility index (Phi) is 7.44. The van der Waals surface area contributed by atoms with Gasteiger partial charge in [0.25, 0.3) is 15.9 Å². The van der Waals surface area contributed by atoms with Crippen LogP contribution in [0.25, 0.3) is 0 Å². The van der Waals surface area contributed by atoms with Gasteiger partial charge in [-0.25, -0.2) is 4.79 Å². The van der Waals surface area contributed by atoms with Crippen molar-refractivity contribution in [2.24, 2.45) is 10.1 Å². The molecular formula is C21H32N4O6S. The standard InChI is InChI=1S/C21H32N4O6S/c1-12-11-16(30-7)13(2)14(3)17(12)32(28,29)24-19(22)25-10-8-9-15(18(25)26)23-20(27)31-21(4,5)6/h11,15H,8-10H2,1-7H3,(H2,22,24)(H,23,27). The fourth-order valence-corrected chi connectivity index (χ4v) is 4.98. The number of benzene rings is 1. The van der Waals surface area contributed by atoms with Gasteiger partial charge >= 0.3 is 6.09 Å². The van der Waals surface area contributed by atoms with E-state index in [0.717, 1.165) is 4.90 Å². The molecule has 0 aliphatic carbocycles. The average molecular weight is 469 g/mol. The molecule has 0 bridgehead atoms. The predicted octanol–water partition coefficient (Wildman–Crippen LogP) is 2.14. The molecule has 1 heterocycles. The number of hydrogen-bond donors (Lipinski definition) is 2. The van der Waals surface area contributed by atoms with E-state index in [4.69, 9.17) is 15.2 Å². The van der Waals surface area contributed by atoms with Crippen molar-refractivity contribution in [3.05, 3.63) is 22.8 Å². The van der Waals surface area contributed by atoms with Crippen LogP contribution in [0, 0.1) is 20.8 Å². The van der Waals surface area contributed by atoms with Crippen LogP contribution in [0.5, 0.6) is 5.75 Å². The highest BCUT2D eigenvalue weighted by Gasteiger charge is 2.34. The number of guanidine groups is 1. The zero-order chi connectivity index (χ0) is 24.4. The Labute approximate surface area is 189 Å². The van der Waals surface area contributed by atoms with Crippen molar-refractivity contribution in [2.75, 3.05) is 13.7 Å². The Bertz CT molecular complexity index is 1040. The number of methoxy groups -OCH3 is 1. The van der Waals surface area contributed by atoms with Crippen LogP contribution < -0.4 is 15.8 Å². The molecule has 0 aromatic heterocycles. The highest BCUT2D eigenvalue weighted by atomic mass is 32.2. The summed E-state index contributed by atoms with van der Waals surface area (Å²) >= 11 is 0. The van der Waals surface area contributed by atoms with E-state index in [2.05, 4.69) is 9.71 Å². The first-order valence-corrected chi connectivity index (χ1v) is 11.7. The van der Waals surface area contributed by atoms with Gasteiger partial charge in [0.15, 0.2) is 0 Å². The number of likely N-dealkylation sites (tertiary alicyclic amines) is 1. The third kappa shape index (κ3) is 5.70. The second-order valence-electron chi connectivity index (χ2n) is 8.73. The molecule has 2 rings (SSSR count). The maximum atomic E-state index is 13.1. The molecule has 0 radical (unpaired) electrons. The molecule has 0 spiro atoms. The van der Waals surface area contributed by atoms with Crippen molar-refractivity contribution >= 4 is 28.0 Å². The summed E-state index contributed by atoms with van der Waals surface area (Å²) in [5, 5.41) is 2.52. The van der Waals surface area contributed by atoms with E-state index in [9.17, 15) is 18.0 Å². The second-order valence-corrected chi connectivity index (χ2v) is 10.3. The molecule has 1 aromatic carbocycles. The maximum Gasteiger partial charge on any atom is 0.408 e. The summed E-state index contributed by atoms with van der Waals surface area (Å²) in [6, 6.07) is 0.732. The number of aryl methyl sites for hydroxylation is 1. The van der Waals surface area contributed by atoms with Crippen LogP contribution in [0.3, 0.4) is 0 Å². The zero-order valence-electron chi connectivity index (χ0n) is 19.6. The van der Waals surface area contributed by atoms with Crippen molar-refractivity contribution in [2.45, 2.75) is 70.9 Å². The largest absolute Gasteiger partial charge is 0.496 e. The van der Waals surface area contributed by atoms with Crippen LogP contribution >= 0.6 is 0 Å². The number of hydrogen-bond acceptors (Lipinski definition) is 6. The summed E-state index contributed by atoms with van der Waals surface area (Å²) in [6.07, 6.45) is 0.146. The Morgan fingerprint density at radius 2 is 1.88 bits per heavy atom. The van der Waals surface area contributed by atoms with Gasteiger partial charge in [-0.3, -0.25) is 9.69 Å². The summed E-state index contributed by atoms with van der Waals surface area (Å²) in [7, 11) is -2.70. The molecular weight excluding hydrogens is 436 g/mol. The lowest BCUT2D eigenvalue weighted by atomic mass is 10.1. The average Bonchev–Trinajstić information content (AvgIpc) is 2.64. The molecule has 178 valence electrons. The van der Waals surface area contributed by atoms with Crippen LogP contribution in [-0.2, 0) is 19.6 Å². The molecule has 3 N–H and O–H groups in total. The molecule has 1 aliphatic heterocycles. The number of alkyl carbamates (subject to hydrolysis) is 1. The smallest absolute Gasteiger partial charge is 0.408 e. The SMILES string of the molecule is COc1cc(C)c(S(=O)(=O)/N=C(\N)N2CCCC(NC(=O)OC(C)(C)C)C2=O)c(C)c1C. The van der Waals surface area contributed by atoms with Gasteiger partial charge in [-0.1, -0.05) is 0 Å². The third-order valence-electron chi connectivity index (χ3n) is 5.08. The lowest BCUT2D eigenvalue weighted by Gasteiger charge is -2.32. The summed E-state index contributed by atoms with van der Waals surface area (Å²) < 4.78 is 40.3. The molecule has 2 amide bonds. The molecule has 1 unspecified atom stereocenters. The van der Waals surface area contributed by atoms with E-state index in [-0.39, 0.29) is 11.4 Å². The first kappa shape index (κ1) is 25.4. The van der Waals surface area contributed by atoms with Crippen LogP contribution in [-0.4, -0.2) is 56.6 Å². The molecule has 1 aromatic rings. The number of rotatable bonds is 4. The van der Waals surface area contributed by atoms with E-state index < -0.39 is 39.6 Å². The van der Waals surface area contributed by atoms with Crippen molar-refractivity contribution < 1.29 is 27.5 Å². The number of piperidine rings is 1. The lowest BCUT2D eigenvalue weighted by molar-refractivity contribution is -0.131. The van der Waals surface area contributed by atoms with Gasteiger partial charge in [0.05, 0.1) is 12.0 Å². The van der Waals surface area contributed by atoms with E-state index in [1.165, 1.54) is 7.11 Å². The Balaban J connectivity index is 2.31. The number of nitrogens with zero attached hydrogens (tertiary/aromatic N) is 2. The Morgan fingerprint density at radius 1 is 1.25 bits per heavy atom. The van der Waals surface area contributed by atoms with Gasteiger partial charge in [-0.2, -0.15) is 8.42 Å². The normalized spacial score (nSPS) is 17.8. The van der Waals surface area contributed by atoms with Gasteiger partial charge < -0.3 is 20.5 Å². The molecule has 1 saturated heterocycles. The van der Waals surface area contributed by atoms with Crippen molar-refractivity contribution in [3.8, 4) is 5.75 Å². The lowest BCUT2D eigenvalue weighted by Crippen LogP contribution is -2.56. The summed E-state index contributed by atoms with van der Waals surface area (Å²) in [5.74, 6) is -0.422. The maximum absolute atomic E-state index is 13.1. The molecule has 10 nitrogen and oxygen atoms in total.